The van der Waals surface area contributed by atoms with Crippen LogP contribution >= 0.6 is 0 Å². The Kier molecular flexibility index (Phi) is 2.70. The lowest BCUT2D eigenvalue weighted by Crippen LogP contribution is -2.23. The van der Waals surface area contributed by atoms with Crippen molar-refractivity contribution in [1.82, 2.24) is 0 Å². The highest BCUT2D eigenvalue weighted by molar-refractivity contribution is 5.88. The molecule has 0 bridgehead atoms. The number of anilines is 1. The van der Waals surface area contributed by atoms with Gasteiger partial charge in [-0.05, 0) is 23.3 Å². The highest BCUT2D eigenvalue weighted by Crippen LogP contribution is 2.25. The predicted octanol–water partition coefficient (Wildman–Crippen LogP) is 1.17. The van der Waals surface area contributed by atoms with Crippen molar-refractivity contribution >= 4 is 11.6 Å². The fourth-order valence-electron chi connectivity index (χ4n) is 1.74. The molecule has 1 aliphatic heterocycles. The zero-order valence-electron chi connectivity index (χ0n) is 8.62. The third kappa shape index (κ3) is 2.16. The third-order valence-electron chi connectivity index (χ3n) is 2.42. The Labute approximate surface area is 88.4 Å². The van der Waals surface area contributed by atoms with Gasteiger partial charge in [-0.25, -0.2) is 0 Å². The van der Waals surface area contributed by atoms with Crippen LogP contribution < -0.4 is 11.1 Å². The van der Waals surface area contributed by atoms with Crippen molar-refractivity contribution in [2.24, 2.45) is 5.73 Å². The topological polar surface area (TPSA) is 64.4 Å². The molecule has 1 atom stereocenters. The molecule has 0 fully saturated rings. The minimum atomic E-state index is -0.0949. The number of amides is 1. The lowest BCUT2D eigenvalue weighted by Gasteiger charge is -2.23. The molecule has 0 spiro atoms. The molecule has 0 aliphatic carbocycles. The van der Waals surface area contributed by atoms with Gasteiger partial charge in [0, 0.05) is 12.6 Å². The van der Waals surface area contributed by atoms with Crippen molar-refractivity contribution in [3.05, 3.63) is 29.3 Å². The smallest absolute Gasteiger partial charge is 0.221 e. The molecule has 1 amide bonds. The molecule has 1 aliphatic rings. The molecule has 0 saturated heterocycles. The fraction of sp³-hybridized carbons (Fsp3) is 0.364. The van der Waals surface area contributed by atoms with Crippen LogP contribution in [-0.2, 0) is 16.1 Å². The van der Waals surface area contributed by atoms with Crippen LogP contribution in [0.3, 0.4) is 0 Å². The number of hydrogen-bond acceptors (Lipinski definition) is 3. The van der Waals surface area contributed by atoms with Gasteiger partial charge in [0.2, 0.25) is 5.91 Å². The van der Waals surface area contributed by atoms with E-state index in [1.54, 1.807) is 0 Å². The first-order valence-electron chi connectivity index (χ1n) is 4.90. The zero-order chi connectivity index (χ0) is 10.8. The second kappa shape index (κ2) is 4.00. The SMILES string of the molecule is CC(=O)Nc1ccc2c(c1)[C@H](N)COC2. The molecule has 1 aromatic rings. The van der Waals surface area contributed by atoms with Crippen LogP contribution in [0.2, 0.25) is 0 Å². The summed E-state index contributed by atoms with van der Waals surface area (Å²) >= 11 is 0. The van der Waals surface area contributed by atoms with E-state index in [2.05, 4.69) is 5.32 Å². The van der Waals surface area contributed by atoms with Crippen molar-refractivity contribution in [2.75, 3.05) is 11.9 Å². The molecule has 15 heavy (non-hydrogen) atoms. The number of nitrogens with two attached hydrogens (primary N) is 1. The molecule has 4 heteroatoms. The summed E-state index contributed by atoms with van der Waals surface area (Å²) in [5.41, 5.74) is 8.86. The minimum absolute atomic E-state index is 0.0735. The maximum absolute atomic E-state index is 10.9. The number of ether oxygens (including phenoxy) is 1. The van der Waals surface area contributed by atoms with Gasteiger partial charge in [0.05, 0.1) is 19.3 Å². The average molecular weight is 206 g/mol. The van der Waals surface area contributed by atoms with Crippen LogP contribution in [0.25, 0.3) is 0 Å². The normalized spacial score (nSPS) is 19.5. The van der Waals surface area contributed by atoms with Crippen molar-refractivity contribution in [3.63, 3.8) is 0 Å². The molecule has 3 N–H and O–H groups in total. The molecular weight excluding hydrogens is 192 g/mol. The van der Waals surface area contributed by atoms with E-state index in [0.717, 1.165) is 16.8 Å². The van der Waals surface area contributed by atoms with Crippen LogP contribution in [0.1, 0.15) is 24.1 Å². The van der Waals surface area contributed by atoms with E-state index in [1.807, 2.05) is 18.2 Å². The first-order valence-corrected chi connectivity index (χ1v) is 4.90. The number of fused-ring (bicyclic) bond motifs is 1. The third-order valence-corrected chi connectivity index (χ3v) is 2.42. The molecule has 0 radical (unpaired) electrons. The monoisotopic (exact) mass is 206 g/mol. The highest BCUT2D eigenvalue weighted by atomic mass is 16.5. The van der Waals surface area contributed by atoms with Crippen molar-refractivity contribution in [2.45, 2.75) is 19.6 Å². The summed E-state index contributed by atoms with van der Waals surface area (Å²) in [4.78, 5) is 10.9. The molecule has 0 unspecified atom stereocenters. The van der Waals surface area contributed by atoms with Crippen LogP contribution in [0.5, 0.6) is 0 Å². The van der Waals surface area contributed by atoms with Crippen molar-refractivity contribution < 1.29 is 9.53 Å². The lowest BCUT2D eigenvalue weighted by atomic mass is 9.99. The Balaban J connectivity index is 2.31. The standard InChI is InChI=1S/C11H14N2O2/c1-7(14)13-9-3-2-8-5-15-6-11(12)10(8)4-9/h2-4,11H,5-6,12H2,1H3,(H,13,14)/t11-/m1/s1. The second-order valence-electron chi connectivity index (χ2n) is 3.72. The lowest BCUT2D eigenvalue weighted by molar-refractivity contribution is -0.114. The zero-order valence-corrected chi connectivity index (χ0v) is 8.62. The van der Waals surface area contributed by atoms with E-state index >= 15 is 0 Å². The molecule has 1 heterocycles. The van der Waals surface area contributed by atoms with Gasteiger partial charge in [0.15, 0.2) is 0 Å². The number of hydrogen-bond donors (Lipinski definition) is 2. The van der Waals surface area contributed by atoms with Crippen LogP contribution in [0, 0.1) is 0 Å². The summed E-state index contributed by atoms with van der Waals surface area (Å²) in [5.74, 6) is -0.0735. The highest BCUT2D eigenvalue weighted by Gasteiger charge is 2.17. The van der Waals surface area contributed by atoms with E-state index in [1.165, 1.54) is 6.92 Å². The second-order valence-corrected chi connectivity index (χ2v) is 3.72. The summed E-state index contributed by atoms with van der Waals surface area (Å²) < 4.78 is 5.32. The van der Waals surface area contributed by atoms with Gasteiger partial charge < -0.3 is 15.8 Å². The van der Waals surface area contributed by atoms with Crippen LogP contribution in [0.4, 0.5) is 5.69 Å². The Morgan fingerprint density at radius 1 is 1.60 bits per heavy atom. The molecule has 1 aromatic carbocycles. The Hall–Kier alpha value is -1.39. The molecule has 80 valence electrons. The van der Waals surface area contributed by atoms with Crippen LogP contribution in [-0.4, -0.2) is 12.5 Å². The van der Waals surface area contributed by atoms with Gasteiger partial charge in [-0.1, -0.05) is 6.07 Å². The van der Waals surface area contributed by atoms with Crippen LogP contribution in [0.15, 0.2) is 18.2 Å². The maximum atomic E-state index is 10.9. The van der Waals surface area contributed by atoms with Gasteiger partial charge in [-0.15, -0.1) is 0 Å². The first kappa shape index (κ1) is 10.1. The minimum Gasteiger partial charge on any atom is -0.375 e. The number of nitrogens with one attached hydrogen (secondary N) is 1. The van der Waals surface area contributed by atoms with E-state index in [0.29, 0.717) is 13.2 Å². The van der Waals surface area contributed by atoms with Gasteiger partial charge in [0.25, 0.3) is 0 Å². The Bertz CT molecular complexity index is 390. The van der Waals surface area contributed by atoms with E-state index in [9.17, 15) is 4.79 Å². The van der Waals surface area contributed by atoms with Gasteiger partial charge in [0.1, 0.15) is 0 Å². The largest absolute Gasteiger partial charge is 0.375 e. The van der Waals surface area contributed by atoms with E-state index in [4.69, 9.17) is 10.5 Å². The molecule has 0 saturated carbocycles. The number of carbonyl (C=O) groups is 1. The summed E-state index contributed by atoms with van der Waals surface area (Å²) in [6, 6.07) is 5.63. The molecule has 2 rings (SSSR count). The molecule has 4 nitrogen and oxygen atoms in total. The summed E-state index contributed by atoms with van der Waals surface area (Å²) in [6.07, 6.45) is 0. The van der Waals surface area contributed by atoms with Crippen molar-refractivity contribution in [1.29, 1.82) is 0 Å². The molecule has 0 aromatic heterocycles. The molecular formula is C11H14N2O2. The number of benzene rings is 1. The summed E-state index contributed by atoms with van der Waals surface area (Å²) in [7, 11) is 0. The summed E-state index contributed by atoms with van der Waals surface area (Å²) in [5, 5.41) is 2.74. The van der Waals surface area contributed by atoms with Crippen molar-refractivity contribution in [3.8, 4) is 0 Å². The Morgan fingerprint density at radius 3 is 3.13 bits per heavy atom. The number of carbonyl (C=O) groups excluding carboxylic acids is 1. The quantitative estimate of drug-likeness (QED) is 0.725. The predicted molar refractivity (Wildman–Crippen MR) is 57.3 cm³/mol. The summed E-state index contributed by atoms with van der Waals surface area (Å²) in [6.45, 7) is 2.63. The van der Waals surface area contributed by atoms with Gasteiger partial charge >= 0.3 is 0 Å². The van der Waals surface area contributed by atoms with E-state index < -0.39 is 0 Å². The van der Waals surface area contributed by atoms with Gasteiger partial charge in [-0.2, -0.15) is 0 Å². The maximum Gasteiger partial charge on any atom is 0.221 e. The average Bonchev–Trinajstić information content (AvgIpc) is 2.18. The Morgan fingerprint density at radius 2 is 2.40 bits per heavy atom. The number of rotatable bonds is 1. The van der Waals surface area contributed by atoms with Gasteiger partial charge in [-0.3, -0.25) is 4.79 Å². The first-order chi connectivity index (χ1) is 7.16. The fourth-order valence-corrected chi connectivity index (χ4v) is 1.74. The van der Waals surface area contributed by atoms with E-state index in [-0.39, 0.29) is 11.9 Å².